The molecule has 1 aliphatic rings. The number of nitro groups is 1. The quantitative estimate of drug-likeness (QED) is 0.0703. The number of carbonyl (C=O) groups excluding carboxylic acids is 1. The third-order valence-electron chi connectivity index (χ3n) is 7.86. The average Bonchev–Trinajstić information content (AvgIpc) is 3.55. The van der Waals surface area contributed by atoms with Crippen molar-refractivity contribution in [1.29, 1.82) is 0 Å². The number of benzene rings is 1. The fraction of sp³-hybridized carbons (Fsp3) is 0.436. The van der Waals surface area contributed by atoms with E-state index in [1.807, 2.05) is 57.1 Å². The van der Waals surface area contributed by atoms with Gasteiger partial charge >= 0.3 is 0 Å². The molecule has 10 nitrogen and oxygen atoms in total. The third kappa shape index (κ3) is 14.0. The number of aromatic nitrogens is 2. The Hall–Kier alpha value is -4.42. The summed E-state index contributed by atoms with van der Waals surface area (Å²) in [5.74, 6) is -0.386. The van der Waals surface area contributed by atoms with Crippen LogP contribution in [-0.4, -0.2) is 75.4 Å². The van der Waals surface area contributed by atoms with E-state index in [1.165, 1.54) is 24.5 Å². The molecule has 1 aromatic carbocycles. The maximum absolute atomic E-state index is 14.4. The van der Waals surface area contributed by atoms with Crippen LogP contribution in [0.25, 0.3) is 0 Å². The summed E-state index contributed by atoms with van der Waals surface area (Å²) in [6, 6.07) is 5.02. The van der Waals surface area contributed by atoms with E-state index in [1.54, 1.807) is 66.0 Å². The maximum Gasteiger partial charge on any atom is 0.272 e. The van der Waals surface area contributed by atoms with Gasteiger partial charge < -0.3 is 9.47 Å². The van der Waals surface area contributed by atoms with Crippen molar-refractivity contribution in [3.8, 4) is 0 Å². The van der Waals surface area contributed by atoms with Crippen LogP contribution in [0.1, 0.15) is 65.6 Å². The minimum atomic E-state index is -3.36. The minimum absolute atomic E-state index is 0.0242. The first-order valence-electron chi connectivity index (χ1n) is 17.5. The van der Waals surface area contributed by atoms with E-state index < -0.39 is 33.0 Å². The van der Waals surface area contributed by atoms with Gasteiger partial charge in [-0.2, -0.15) is 0 Å². The molecular weight excluding hydrogens is 670 g/mol. The first kappa shape index (κ1) is 44.6. The number of rotatable bonds is 17. The van der Waals surface area contributed by atoms with Gasteiger partial charge in [-0.05, 0) is 43.6 Å². The second-order valence-corrected chi connectivity index (χ2v) is 13.6. The molecule has 0 aliphatic carbocycles. The zero-order valence-electron chi connectivity index (χ0n) is 31.2. The summed E-state index contributed by atoms with van der Waals surface area (Å²) in [4.78, 5) is 33.8. The molecule has 3 atom stereocenters. The molecule has 1 saturated heterocycles. The summed E-state index contributed by atoms with van der Waals surface area (Å²) >= 11 is 0. The Bertz CT molecular complexity index is 1660. The van der Waals surface area contributed by atoms with Crippen molar-refractivity contribution in [2.75, 3.05) is 18.6 Å². The largest absolute Gasteiger partial charge is 0.329 e. The number of imidazole rings is 1. The second-order valence-electron chi connectivity index (χ2n) is 11.4. The standard InChI is InChI=1S/C35H44FN5O5S.2C2H6/c1-6-12-27(17-18-29(36)9-4)23-38-26-37-22-32(38)25-39-31(19-20-47(5,45)46)24-40(30(13-7-2)14-8-3)35(42)34(39)21-28-15-10-11-16-33(28)41(43)44;2*1-2/h7-18,22,26,29,31,34H,2,4,6,19-21,23-25H2,1,3,5H3;2*1-2H3/b14-8-,18-17?,27-12+,30-13+;;/t29?,31-,34?;;/m0../s1. The Balaban J connectivity index is 0.00000313. The number of allylic oxidation sites excluding steroid dienone is 9. The summed E-state index contributed by atoms with van der Waals surface area (Å²) in [5.41, 5.74) is 2.47. The van der Waals surface area contributed by atoms with Crippen LogP contribution in [0.15, 0.2) is 110 Å². The van der Waals surface area contributed by atoms with Gasteiger partial charge in [0.15, 0.2) is 0 Å². The lowest BCUT2D eigenvalue weighted by atomic mass is 9.95. The number of piperazine rings is 1. The Morgan fingerprint density at radius 2 is 1.86 bits per heavy atom. The monoisotopic (exact) mass is 725 g/mol. The van der Waals surface area contributed by atoms with Gasteiger partial charge in [-0.1, -0.05) is 96.4 Å². The first-order chi connectivity index (χ1) is 24.4. The molecule has 0 radical (unpaired) electrons. The zero-order chi connectivity index (χ0) is 38.6. The highest BCUT2D eigenvalue weighted by Crippen LogP contribution is 2.30. The van der Waals surface area contributed by atoms with Crippen LogP contribution in [0.2, 0.25) is 0 Å². The number of carbonyl (C=O) groups is 1. The second kappa shape index (κ2) is 23.1. The van der Waals surface area contributed by atoms with Crippen molar-refractivity contribution < 1.29 is 22.5 Å². The van der Waals surface area contributed by atoms with Gasteiger partial charge in [-0.3, -0.25) is 19.8 Å². The lowest BCUT2D eigenvalue weighted by Crippen LogP contribution is -2.62. The molecule has 0 spiro atoms. The molecule has 2 unspecified atom stereocenters. The van der Waals surface area contributed by atoms with Crippen LogP contribution in [0, 0.1) is 10.1 Å². The highest BCUT2D eigenvalue weighted by atomic mass is 32.2. The van der Waals surface area contributed by atoms with E-state index >= 15 is 0 Å². The molecule has 1 fully saturated rings. The molecule has 2 heterocycles. The fourth-order valence-electron chi connectivity index (χ4n) is 5.61. The van der Waals surface area contributed by atoms with Crippen LogP contribution in [0.3, 0.4) is 0 Å². The normalized spacial score (nSPS) is 17.8. The number of hydrogen-bond acceptors (Lipinski definition) is 7. The predicted octanol–water partition coefficient (Wildman–Crippen LogP) is 7.97. The Kier molecular flexibility index (Phi) is 20.2. The van der Waals surface area contributed by atoms with Gasteiger partial charge in [-0.15, -0.1) is 0 Å². The van der Waals surface area contributed by atoms with Gasteiger partial charge in [-0.25, -0.2) is 17.8 Å². The molecule has 1 aromatic heterocycles. The lowest BCUT2D eigenvalue weighted by Gasteiger charge is -2.46. The number of nitrogens with zero attached hydrogens (tertiary/aromatic N) is 5. The lowest BCUT2D eigenvalue weighted by molar-refractivity contribution is -0.385. The number of amides is 1. The van der Waals surface area contributed by atoms with E-state index in [9.17, 15) is 27.7 Å². The predicted molar refractivity (Wildman–Crippen MR) is 207 cm³/mol. The molecule has 3 rings (SSSR count). The van der Waals surface area contributed by atoms with Crippen molar-refractivity contribution >= 4 is 21.4 Å². The van der Waals surface area contributed by atoms with Crippen molar-refractivity contribution in [1.82, 2.24) is 19.4 Å². The summed E-state index contributed by atoms with van der Waals surface area (Å²) in [7, 11) is -3.36. The van der Waals surface area contributed by atoms with Gasteiger partial charge in [0.2, 0.25) is 5.91 Å². The number of sulfone groups is 1. The van der Waals surface area contributed by atoms with Crippen molar-refractivity contribution in [2.24, 2.45) is 0 Å². The highest BCUT2D eigenvalue weighted by molar-refractivity contribution is 7.90. The van der Waals surface area contributed by atoms with Crippen molar-refractivity contribution in [2.45, 2.75) is 92.1 Å². The van der Waals surface area contributed by atoms with Crippen LogP contribution >= 0.6 is 0 Å². The molecule has 51 heavy (non-hydrogen) atoms. The molecule has 2 aromatic rings. The molecule has 0 saturated carbocycles. The number of nitro benzene ring substituents is 1. The summed E-state index contributed by atoms with van der Waals surface area (Å²) in [6.07, 6.45) is 17.4. The number of alkyl halides is 1. The van der Waals surface area contributed by atoms with Crippen LogP contribution in [-0.2, 0) is 34.1 Å². The molecule has 1 aliphatic heterocycles. The van der Waals surface area contributed by atoms with Crippen molar-refractivity contribution in [3.63, 3.8) is 0 Å². The summed E-state index contributed by atoms with van der Waals surface area (Å²) in [6.45, 7) is 19.9. The number of para-hydroxylation sites is 1. The minimum Gasteiger partial charge on any atom is -0.329 e. The molecule has 0 N–H and O–H groups in total. The van der Waals surface area contributed by atoms with Gasteiger partial charge in [0, 0.05) is 61.9 Å². The smallest absolute Gasteiger partial charge is 0.272 e. The summed E-state index contributed by atoms with van der Waals surface area (Å²) < 4.78 is 40.6. The maximum atomic E-state index is 14.4. The third-order valence-corrected chi connectivity index (χ3v) is 8.83. The van der Waals surface area contributed by atoms with E-state index in [0.717, 1.165) is 17.7 Å². The molecule has 280 valence electrons. The molecule has 0 bridgehead atoms. The molecule has 1 amide bonds. The van der Waals surface area contributed by atoms with Gasteiger partial charge in [0.05, 0.1) is 28.7 Å². The van der Waals surface area contributed by atoms with E-state index in [4.69, 9.17) is 0 Å². The van der Waals surface area contributed by atoms with E-state index in [-0.39, 0.29) is 43.3 Å². The van der Waals surface area contributed by atoms with Crippen molar-refractivity contribution in [3.05, 3.63) is 131 Å². The SMILES string of the molecule is C=C/C=C(\C=C/C)N1C[C@H](CCS(C)(=O)=O)N(Cc2cncn2C/C(C=CC(F)C=C)=C/CC)C(Cc2ccccc2[N+](=O)[O-])C1=O.CC.CC. The first-order valence-corrected chi connectivity index (χ1v) is 19.5. The number of halogens is 1. The van der Waals surface area contributed by atoms with E-state index in [0.29, 0.717) is 17.8 Å². The topological polar surface area (TPSA) is 119 Å². The van der Waals surface area contributed by atoms with Gasteiger partial charge in [0.1, 0.15) is 16.0 Å². The average molecular weight is 726 g/mol. The van der Waals surface area contributed by atoms with Crippen LogP contribution in [0.4, 0.5) is 10.1 Å². The summed E-state index contributed by atoms with van der Waals surface area (Å²) in [5, 5.41) is 12.0. The molecule has 12 heteroatoms. The highest BCUT2D eigenvalue weighted by Gasteiger charge is 2.42. The Morgan fingerprint density at radius 1 is 1.18 bits per heavy atom. The van der Waals surface area contributed by atoms with Crippen LogP contribution in [0.5, 0.6) is 0 Å². The molecular formula is C39H56FN5O5S. The Labute approximate surface area is 304 Å². The zero-order valence-corrected chi connectivity index (χ0v) is 32.1. The van der Waals surface area contributed by atoms with Crippen LogP contribution < -0.4 is 0 Å². The van der Waals surface area contributed by atoms with Gasteiger partial charge in [0.25, 0.3) is 5.69 Å². The Morgan fingerprint density at radius 3 is 2.45 bits per heavy atom. The fourth-order valence-corrected chi connectivity index (χ4v) is 6.31. The van der Waals surface area contributed by atoms with E-state index in [2.05, 4.69) is 18.1 Å². The number of hydrogen-bond donors (Lipinski definition) is 0.